The number of morpholine rings is 1. The molecular weight excluding hydrogens is 391 g/mol. The molecule has 2 aliphatic rings. The second-order valence-electron chi connectivity index (χ2n) is 7.43. The second kappa shape index (κ2) is 7.36. The van der Waals surface area contributed by atoms with Crippen LogP contribution in [0.3, 0.4) is 0 Å². The van der Waals surface area contributed by atoms with Crippen LogP contribution in [-0.4, -0.2) is 53.2 Å². The van der Waals surface area contributed by atoms with Crippen molar-refractivity contribution in [2.24, 2.45) is 0 Å². The number of alkyl halides is 3. The van der Waals surface area contributed by atoms with Crippen LogP contribution >= 0.6 is 0 Å². The lowest BCUT2D eigenvalue weighted by atomic mass is 10.1. The minimum Gasteiger partial charge on any atom is -0.377 e. The Labute approximate surface area is 164 Å². The number of anilines is 2. The topological polar surface area (TPSA) is 76.6 Å². The summed E-state index contributed by atoms with van der Waals surface area (Å²) >= 11 is 0. The molecule has 0 radical (unpaired) electrons. The Morgan fingerprint density at radius 2 is 2.10 bits per heavy atom. The number of ether oxygens (including phenoxy) is 1. The van der Waals surface area contributed by atoms with Crippen molar-refractivity contribution >= 4 is 11.8 Å². The van der Waals surface area contributed by atoms with Crippen LogP contribution in [0, 0.1) is 6.92 Å². The first-order chi connectivity index (χ1) is 13.8. The van der Waals surface area contributed by atoms with Crippen LogP contribution in [0.2, 0.25) is 0 Å². The Morgan fingerprint density at radius 1 is 1.31 bits per heavy atom. The summed E-state index contributed by atoms with van der Waals surface area (Å²) in [5.74, 6) is 0.382. The van der Waals surface area contributed by atoms with Crippen molar-refractivity contribution in [3.05, 3.63) is 33.9 Å². The fourth-order valence-corrected chi connectivity index (χ4v) is 3.84. The Hall–Kier alpha value is -2.56. The maximum Gasteiger partial charge on any atom is 0.409 e. The summed E-state index contributed by atoms with van der Waals surface area (Å²) in [5, 5.41) is 3.82. The monoisotopic (exact) mass is 413 g/mol. The van der Waals surface area contributed by atoms with Gasteiger partial charge in [-0.2, -0.15) is 18.2 Å². The van der Waals surface area contributed by atoms with E-state index in [9.17, 15) is 18.0 Å². The van der Waals surface area contributed by atoms with Crippen LogP contribution in [-0.2, 0) is 11.3 Å². The fourth-order valence-electron chi connectivity index (χ4n) is 3.84. The molecule has 0 N–H and O–H groups in total. The average molecular weight is 413 g/mol. The zero-order valence-electron chi connectivity index (χ0n) is 16.1. The largest absolute Gasteiger partial charge is 0.409 e. The van der Waals surface area contributed by atoms with Gasteiger partial charge < -0.3 is 19.1 Å². The molecule has 2 aromatic heterocycles. The molecule has 8 nitrogen and oxygen atoms in total. The van der Waals surface area contributed by atoms with Crippen LogP contribution in [0.4, 0.5) is 24.9 Å². The van der Waals surface area contributed by atoms with Crippen molar-refractivity contribution in [1.82, 2.24) is 14.7 Å². The molecule has 2 atom stereocenters. The molecule has 1 unspecified atom stereocenters. The van der Waals surface area contributed by atoms with Crippen LogP contribution < -0.4 is 15.4 Å². The molecule has 158 valence electrons. The van der Waals surface area contributed by atoms with Crippen molar-refractivity contribution in [3.63, 3.8) is 0 Å². The maximum absolute atomic E-state index is 13.6. The molecule has 0 amide bonds. The predicted molar refractivity (Wildman–Crippen MR) is 98.1 cm³/mol. The number of fused-ring (bicyclic) bond motifs is 1. The fraction of sp³-hybridized carbons (Fsp3) is 0.611. The molecule has 4 heterocycles. The lowest BCUT2D eigenvalue weighted by Crippen LogP contribution is -2.48. The first-order valence-corrected chi connectivity index (χ1v) is 9.45. The van der Waals surface area contributed by atoms with Crippen molar-refractivity contribution in [2.45, 2.75) is 45.1 Å². The van der Waals surface area contributed by atoms with Gasteiger partial charge in [0.25, 0.3) is 5.56 Å². The van der Waals surface area contributed by atoms with Gasteiger partial charge >= 0.3 is 6.18 Å². The SMILES string of the molecule is Cc1nocc1CN1CCC(C(F)(F)F)n2c1nc(N1CCOC[C@H]1C)cc2=O. The maximum atomic E-state index is 13.6. The van der Waals surface area contributed by atoms with Gasteiger partial charge in [-0.1, -0.05) is 5.16 Å². The van der Waals surface area contributed by atoms with Crippen molar-refractivity contribution in [3.8, 4) is 0 Å². The summed E-state index contributed by atoms with van der Waals surface area (Å²) in [6.07, 6.45) is -3.30. The number of hydrogen-bond acceptors (Lipinski definition) is 7. The number of aryl methyl sites for hydroxylation is 1. The summed E-state index contributed by atoms with van der Waals surface area (Å²) < 4.78 is 52.0. The molecule has 4 rings (SSSR count). The third-order valence-corrected chi connectivity index (χ3v) is 5.44. The Balaban J connectivity index is 1.79. The van der Waals surface area contributed by atoms with Gasteiger partial charge in [-0.3, -0.25) is 9.36 Å². The van der Waals surface area contributed by atoms with Gasteiger partial charge in [-0.05, 0) is 20.3 Å². The quantitative estimate of drug-likeness (QED) is 0.764. The summed E-state index contributed by atoms with van der Waals surface area (Å²) in [4.78, 5) is 20.9. The van der Waals surface area contributed by atoms with Gasteiger partial charge in [0.1, 0.15) is 18.1 Å². The van der Waals surface area contributed by atoms with E-state index in [1.165, 1.54) is 12.3 Å². The van der Waals surface area contributed by atoms with Crippen LogP contribution in [0.25, 0.3) is 0 Å². The van der Waals surface area contributed by atoms with Crippen LogP contribution in [0.5, 0.6) is 0 Å². The summed E-state index contributed by atoms with van der Waals surface area (Å²) in [6.45, 7) is 5.51. The van der Waals surface area contributed by atoms with E-state index in [-0.39, 0.29) is 31.5 Å². The van der Waals surface area contributed by atoms with E-state index in [0.717, 1.165) is 10.1 Å². The molecule has 0 aliphatic carbocycles. The Bertz CT molecular complexity index is 942. The minimum atomic E-state index is -4.53. The number of halogens is 3. The highest BCUT2D eigenvalue weighted by atomic mass is 19.4. The van der Waals surface area contributed by atoms with Gasteiger partial charge in [0.2, 0.25) is 5.95 Å². The third kappa shape index (κ3) is 3.70. The van der Waals surface area contributed by atoms with E-state index in [2.05, 4.69) is 10.1 Å². The van der Waals surface area contributed by atoms with E-state index in [0.29, 0.717) is 31.3 Å². The van der Waals surface area contributed by atoms with Gasteiger partial charge in [0, 0.05) is 24.7 Å². The third-order valence-electron chi connectivity index (χ3n) is 5.44. The molecule has 1 saturated heterocycles. The molecule has 0 spiro atoms. The zero-order chi connectivity index (χ0) is 20.8. The highest BCUT2D eigenvalue weighted by Gasteiger charge is 2.45. The van der Waals surface area contributed by atoms with E-state index in [4.69, 9.17) is 9.26 Å². The Morgan fingerprint density at radius 3 is 2.76 bits per heavy atom. The highest BCUT2D eigenvalue weighted by molar-refractivity contribution is 5.47. The van der Waals surface area contributed by atoms with Crippen molar-refractivity contribution in [1.29, 1.82) is 0 Å². The molecular formula is C18H22F3N5O3. The summed E-state index contributed by atoms with van der Waals surface area (Å²) in [6, 6.07) is -0.735. The van der Waals surface area contributed by atoms with Crippen LogP contribution in [0.1, 0.15) is 30.6 Å². The molecule has 2 aromatic rings. The zero-order valence-corrected chi connectivity index (χ0v) is 16.1. The molecule has 2 aliphatic heterocycles. The Kier molecular flexibility index (Phi) is 5.01. The van der Waals surface area contributed by atoms with E-state index < -0.39 is 17.8 Å². The van der Waals surface area contributed by atoms with Gasteiger partial charge in [-0.15, -0.1) is 0 Å². The number of rotatable bonds is 3. The number of aromatic nitrogens is 3. The molecule has 29 heavy (non-hydrogen) atoms. The molecule has 0 bridgehead atoms. The summed E-state index contributed by atoms with van der Waals surface area (Å²) in [5.41, 5.74) is 0.675. The first-order valence-electron chi connectivity index (χ1n) is 9.45. The molecule has 0 aromatic carbocycles. The lowest BCUT2D eigenvalue weighted by molar-refractivity contribution is -0.171. The van der Waals surface area contributed by atoms with Crippen molar-refractivity contribution < 1.29 is 22.4 Å². The van der Waals surface area contributed by atoms with Gasteiger partial charge in [0.15, 0.2) is 0 Å². The number of hydrogen-bond donors (Lipinski definition) is 0. The molecule has 0 saturated carbocycles. The van der Waals surface area contributed by atoms with E-state index in [1.54, 1.807) is 11.8 Å². The summed E-state index contributed by atoms with van der Waals surface area (Å²) in [7, 11) is 0. The van der Waals surface area contributed by atoms with Gasteiger partial charge in [-0.25, -0.2) is 0 Å². The smallest absolute Gasteiger partial charge is 0.377 e. The minimum absolute atomic E-state index is 0.0142. The van der Waals surface area contributed by atoms with Crippen molar-refractivity contribution in [2.75, 3.05) is 36.1 Å². The lowest BCUT2D eigenvalue weighted by Gasteiger charge is -2.38. The second-order valence-corrected chi connectivity index (χ2v) is 7.43. The predicted octanol–water partition coefficient (Wildman–Crippen LogP) is 2.28. The van der Waals surface area contributed by atoms with E-state index >= 15 is 0 Å². The van der Waals surface area contributed by atoms with Crippen LogP contribution in [0.15, 0.2) is 21.6 Å². The standard InChI is InChI=1S/C18H22F3N5O3/c1-11-9-28-6-5-25(11)15-7-16(27)26-14(18(19,20)21)3-4-24(17(26)22-15)8-13-10-29-23-12(13)2/h7,10-11,14H,3-6,8-9H2,1-2H3/t11-,14?/m1/s1. The first kappa shape index (κ1) is 19.7. The average Bonchev–Trinajstić information content (AvgIpc) is 3.06. The molecule has 1 fully saturated rings. The highest BCUT2D eigenvalue weighted by Crippen LogP contribution is 2.38. The normalized spacial score (nSPS) is 22.7. The van der Waals surface area contributed by atoms with Gasteiger partial charge in [0.05, 0.1) is 31.5 Å². The van der Waals surface area contributed by atoms with E-state index in [1.807, 2.05) is 11.8 Å². The number of nitrogens with zero attached hydrogens (tertiary/aromatic N) is 5. The molecule has 11 heteroatoms.